The number of anilines is 1. The molecule has 5 rings (SSSR count). The molecule has 1 fully saturated rings. The molecule has 4 aromatic rings. The Balaban J connectivity index is 1.36. The maximum absolute atomic E-state index is 15.0. The number of halogens is 1. The lowest BCUT2D eigenvalue weighted by Gasteiger charge is -2.33. The van der Waals surface area contributed by atoms with Gasteiger partial charge in [0.05, 0.1) is 16.7 Å². The average molecular weight is 502 g/mol. The molecule has 1 amide bonds. The molecule has 3 heterocycles. The Bertz CT molecular complexity index is 1480. The maximum atomic E-state index is 15.0. The van der Waals surface area contributed by atoms with Crippen LogP contribution in [0.4, 0.5) is 15.1 Å². The Morgan fingerprint density at radius 1 is 1.03 bits per heavy atom. The van der Waals surface area contributed by atoms with Gasteiger partial charge in [0.2, 0.25) is 5.95 Å². The van der Waals surface area contributed by atoms with Gasteiger partial charge in [0, 0.05) is 41.2 Å². The zero-order chi connectivity index (χ0) is 26.3. The molecule has 0 unspecified atom stereocenters. The van der Waals surface area contributed by atoms with E-state index in [9.17, 15) is 4.79 Å². The van der Waals surface area contributed by atoms with Crippen LogP contribution >= 0.6 is 0 Å². The number of amides is 1. The van der Waals surface area contributed by atoms with E-state index in [1.165, 1.54) is 6.07 Å². The van der Waals surface area contributed by atoms with Crippen molar-refractivity contribution in [3.63, 3.8) is 0 Å². The second-order valence-corrected chi connectivity index (χ2v) is 10.7. The van der Waals surface area contributed by atoms with Crippen molar-refractivity contribution >= 4 is 33.8 Å². The van der Waals surface area contributed by atoms with Crippen LogP contribution in [0.3, 0.4) is 0 Å². The fraction of sp³-hybridized carbons (Fsp3) is 0.379. The van der Waals surface area contributed by atoms with Crippen molar-refractivity contribution in [3.05, 3.63) is 59.7 Å². The number of hydrogen-bond acceptors (Lipinski definition) is 6. The summed E-state index contributed by atoms with van der Waals surface area (Å²) in [5.41, 5.74) is 3.82. The van der Waals surface area contributed by atoms with Crippen LogP contribution in [0.1, 0.15) is 45.0 Å². The number of ether oxygens (including phenoxy) is 1. The number of benzene rings is 2. The molecule has 0 aliphatic carbocycles. The zero-order valence-corrected chi connectivity index (χ0v) is 21.9. The van der Waals surface area contributed by atoms with E-state index >= 15 is 4.39 Å². The van der Waals surface area contributed by atoms with Crippen LogP contribution in [0.25, 0.3) is 32.9 Å². The number of nitrogens with zero attached hydrogens (tertiary/aromatic N) is 4. The quantitative estimate of drug-likeness (QED) is 0.349. The van der Waals surface area contributed by atoms with E-state index < -0.39 is 5.60 Å². The smallest absolute Gasteiger partial charge is 0.410 e. The predicted octanol–water partition coefficient (Wildman–Crippen LogP) is 6.41. The summed E-state index contributed by atoms with van der Waals surface area (Å²) in [5.74, 6) is 0.252. The summed E-state index contributed by atoms with van der Waals surface area (Å²) in [6.45, 7) is 10.7. The van der Waals surface area contributed by atoms with Gasteiger partial charge in [-0.15, -0.1) is 0 Å². The average Bonchev–Trinajstić information content (AvgIpc) is 2.83. The molecule has 0 saturated carbocycles. The Morgan fingerprint density at radius 2 is 1.76 bits per heavy atom. The molecule has 192 valence electrons. The minimum absolute atomic E-state index is 0.161. The van der Waals surface area contributed by atoms with Crippen LogP contribution in [0.2, 0.25) is 0 Å². The molecule has 0 atom stereocenters. The van der Waals surface area contributed by atoms with Gasteiger partial charge in [-0.25, -0.2) is 19.2 Å². The fourth-order valence-corrected chi connectivity index (χ4v) is 4.75. The highest BCUT2D eigenvalue weighted by Crippen LogP contribution is 2.33. The van der Waals surface area contributed by atoms with Crippen molar-refractivity contribution in [1.82, 2.24) is 19.9 Å². The topological polar surface area (TPSA) is 80.2 Å². The molecule has 1 aliphatic rings. The largest absolute Gasteiger partial charge is 0.444 e. The lowest BCUT2D eigenvalue weighted by Crippen LogP contribution is -2.44. The van der Waals surface area contributed by atoms with Crippen molar-refractivity contribution in [2.75, 3.05) is 18.4 Å². The zero-order valence-electron chi connectivity index (χ0n) is 21.9. The Hall–Kier alpha value is -3.81. The van der Waals surface area contributed by atoms with Crippen molar-refractivity contribution in [2.45, 2.75) is 59.1 Å². The van der Waals surface area contributed by atoms with E-state index in [2.05, 4.69) is 10.3 Å². The highest BCUT2D eigenvalue weighted by Gasteiger charge is 2.27. The highest BCUT2D eigenvalue weighted by atomic mass is 19.1. The summed E-state index contributed by atoms with van der Waals surface area (Å²) in [5, 5.41) is 5.20. The first-order valence-electron chi connectivity index (χ1n) is 12.7. The fourth-order valence-electron chi connectivity index (χ4n) is 4.75. The number of rotatable bonds is 3. The summed E-state index contributed by atoms with van der Waals surface area (Å²) < 4.78 is 20.5. The molecule has 37 heavy (non-hydrogen) atoms. The SMILES string of the molecule is Cc1ccc2ccc(F)c(-c3ccc4nc(NC5CCN(C(=O)OC(C)(C)C)CC5)nc(C)c4c3)c2n1. The lowest BCUT2D eigenvalue weighted by atomic mass is 9.99. The van der Waals surface area contributed by atoms with Gasteiger partial charge in [0.1, 0.15) is 11.4 Å². The molecular weight excluding hydrogens is 469 g/mol. The summed E-state index contributed by atoms with van der Waals surface area (Å²) in [6, 6.07) is 13.0. The first kappa shape index (κ1) is 24.9. The van der Waals surface area contributed by atoms with E-state index in [1.807, 2.05) is 65.0 Å². The summed E-state index contributed by atoms with van der Waals surface area (Å²) in [6.07, 6.45) is 1.30. The molecule has 0 bridgehead atoms. The summed E-state index contributed by atoms with van der Waals surface area (Å²) in [7, 11) is 0. The number of carbonyl (C=O) groups is 1. The molecule has 2 aromatic heterocycles. The minimum atomic E-state index is -0.503. The number of carbonyl (C=O) groups excluding carboxylic acids is 1. The van der Waals surface area contributed by atoms with Crippen LogP contribution in [0.5, 0.6) is 0 Å². The number of hydrogen-bond donors (Lipinski definition) is 1. The van der Waals surface area contributed by atoms with Crippen molar-refractivity contribution < 1.29 is 13.9 Å². The molecule has 8 heteroatoms. The normalized spacial score (nSPS) is 14.8. The van der Waals surface area contributed by atoms with Gasteiger partial charge >= 0.3 is 6.09 Å². The van der Waals surface area contributed by atoms with Crippen LogP contribution in [-0.4, -0.2) is 50.7 Å². The van der Waals surface area contributed by atoms with E-state index in [-0.39, 0.29) is 18.0 Å². The van der Waals surface area contributed by atoms with Gasteiger partial charge in [-0.3, -0.25) is 4.98 Å². The maximum Gasteiger partial charge on any atom is 0.410 e. The van der Waals surface area contributed by atoms with Gasteiger partial charge in [-0.2, -0.15) is 0 Å². The molecular formula is C29H32FN5O2. The van der Waals surface area contributed by atoms with Gasteiger partial charge in [0.25, 0.3) is 0 Å². The van der Waals surface area contributed by atoms with E-state index in [4.69, 9.17) is 14.7 Å². The molecule has 1 aliphatic heterocycles. The van der Waals surface area contributed by atoms with Crippen LogP contribution < -0.4 is 5.32 Å². The van der Waals surface area contributed by atoms with Crippen LogP contribution in [0, 0.1) is 19.7 Å². The van der Waals surface area contributed by atoms with Crippen LogP contribution in [-0.2, 0) is 4.74 Å². The molecule has 2 aromatic carbocycles. The first-order chi connectivity index (χ1) is 17.6. The van der Waals surface area contributed by atoms with Crippen molar-refractivity contribution in [2.24, 2.45) is 0 Å². The molecule has 0 radical (unpaired) electrons. The highest BCUT2D eigenvalue weighted by molar-refractivity contribution is 5.97. The lowest BCUT2D eigenvalue weighted by molar-refractivity contribution is 0.0210. The van der Waals surface area contributed by atoms with Crippen molar-refractivity contribution in [3.8, 4) is 11.1 Å². The Labute approximate surface area is 216 Å². The summed E-state index contributed by atoms with van der Waals surface area (Å²) in [4.78, 5) is 28.1. The van der Waals surface area contributed by atoms with E-state index in [1.54, 1.807) is 11.0 Å². The monoisotopic (exact) mass is 501 g/mol. The molecule has 7 nitrogen and oxygen atoms in total. The third kappa shape index (κ3) is 5.33. The van der Waals surface area contributed by atoms with Crippen molar-refractivity contribution in [1.29, 1.82) is 0 Å². The third-order valence-electron chi connectivity index (χ3n) is 6.61. The van der Waals surface area contributed by atoms with E-state index in [0.29, 0.717) is 30.1 Å². The second kappa shape index (κ2) is 9.57. The van der Waals surface area contributed by atoms with Gasteiger partial charge in [-0.05, 0) is 83.4 Å². The first-order valence-corrected chi connectivity index (χ1v) is 12.7. The van der Waals surface area contributed by atoms with E-state index in [0.717, 1.165) is 46.1 Å². The molecule has 1 N–H and O–H groups in total. The molecule has 1 saturated heterocycles. The number of pyridine rings is 1. The number of aromatic nitrogens is 3. The van der Waals surface area contributed by atoms with Crippen LogP contribution in [0.15, 0.2) is 42.5 Å². The number of piperidine rings is 1. The Morgan fingerprint density at radius 3 is 2.49 bits per heavy atom. The molecule has 0 spiro atoms. The predicted molar refractivity (Wildman–Crippen MR) is 144 cm³/mol. The second-order valence-electron chi connectivity index (χ2n) is 10.7. The number of aryl methyl sites for hydroxylation is 2. The standard InChI is InChI=1S/C29H32FN5O2/c1-17-6-7-19-8-10-23(30)25(26(19)31-17)20-9-11-24-22(16-20)18(2)32-27(34-24)33-21-12-14-35(15-13-21)28(36)37-29(3,4)5/h6-11,16,21H,12-15H2,1-5H3,(H,32,33,34). The number of nitrogens with one attached hydrogen (secondary N) is 1. The van der Waals surface area contributed by atoms with Gasteiger partial charge < -0.3 is 15.0 Å². The number of likely N-dealkylation sites (tertiary alicyclic amines) is 1. The van der Waals surface area contributed by atoms with Gasteiger partial charge in [-0.1, -0.05) is 12.1 Å². The van der Waals surface area contributed by atoms with Gasteiger partial charge in [0.15, 0.2) is 0 Å². The Kier molecular flexibility index (Phi) is 6.43. The minimum Gasteiger partial charge on any atom is -0.444 e. The summed E-state index contributed by atoms with van der Waals surface area (Å²) >= 11 is 0. The number of fused-ring (bicyclic) bond motifs is 2. The third-order valence-corrected chi connectivity index (χ3v) is 6.61.